The molecule has 0 bridgehead atoms. The maximum Gasteiger partial charge on any atom is 0.0629 e. The molecule has 152 valence electrons. The molecule has 0 atom stereocenters. The molecule has 4 nitrogen and oxygen atoms in total. The van der Waals surface area contributed by atoms with E-state index in [-0.39, 0.29) is 26.4 Å². The summed E-state index contributed by atoms with van der Waals surface area (Å²) in [5.74, 6) is 0. The number of unbranched alkanes of at least 4 members (excludes halogenated alkanes) is 1. The van der Waals surface area contributed by atoms with E-state index in [0.29, 0.717) is 6.61 Å². The third-order valence-electron chi connectivity index (χ3n) is 4.52. The van der Waals surface area contributed by atoms with Gasteiger partial charge in [0.05, 0.1) is 31.8 Å². The summed E-state index contributed by atoms with van der Waals surface area (Å²) < 4.78 is 5.50. The second kappa shape index (κ2) is 15.2. The van der Waals surface area contributed by atoms with E-state index >= 15 is 0 Å². The number of aliphatic hydroxyl groups is 3. The summed E-state index contributed by atoms with van der Waals surface area (Å²) in [5, 5.41) is 27.7. The van der Waals surface area contributed by atoms with E-state index in [0.717, 1.165) is 38.5 Å². The van der Waals surface area contributed by atoms with Gasteiger partial charge in [-0.1, -0.05) is 34.9 Å². The fourth-order valence-corrected chi connectivity index (χ4v) is 2.45. The SMILES string of the molecule is CC(C)=CCCC(C)=CCCC(C)=CCCCOCC(CO)(CO)CO. The average molecular weight is 369 g/mol. The van der Waals surface area contributed by atoms with Gasteiger partial charge in [-0.05, 0) is 66.2 Å². The predicted molar refractivity (Wildman–Crippen MR) is 109 cm³/mol. The normalized spacial score (nSPS) is 13.2. The summed E-state index contributed by atoms with van der Waals surface area (Å²) >= 11 is 0. The Hall–Kier alpha value is -0.940. The van der Waals surface area contributed by atoms with Crippen LogP contribution in [0.4, 0.5) is 0 Å². The minimum Gasteiger partial charge on any atom is -0.396 e. The van der Waals surface area contributed by atoms with Crippen molar-refractivity contribution in [1.29, 1.82) is 0 Å². The van der Waals surface area contributed by atoms with Crippen molar-refractivity contribution >= 4 is 0 Å². The molecule has 0 rings (SSSR count). The lowest BCUT2D eigenvalue weighted by Gasteiger charge is -2.26. The number of hydrogen-bond donors (Lipinski definition) is 3. The molecule has 0 aromatic heterocycles. The van der Waals surface area contributed by atoms with Gasteiger partial charge in [-0.25, -0.2) is 0 Å². The Morgan fingerprint density at radius 1 is 0.769 bits per heavy atom. The van der Waals surface area contributed by atoms with E-state index in [1.807, 2.05) is 0 Å². The smallest absolute Gasteiger partial charge is 0.0629 e. The highest BCUT2D eigenvalue weighted by Crippen LogP contribution is 2.16. The van der Waals surface area contributed by atoms with Crippen molar-refractivity contribution < 1.29 is 20.1 Å². The van der Waals surface area contributed by atoms with Gasteiger partial charge in [0.25, 0.3) is 0 Å². The van der Waals surface area contributed by atoms with Crippen LogP contribution in [0.1, 0.15) is 66.2 Å². The first-order valence-electron chi connectivity index (χ1n) is 9.74. The summed E-state index contributed by atoms with van der Waals surface area (Å²) in [7, 11) is 0. The Balaban J connectivity index is 3.90. The van der Waals surface area contributed by atoms with Crippen molar-refractivity contribution in [2.24, 2.45) is 5.41 Å². The molecule has 0 aliphatic carbocycles. The van der Waals surface area contributed by atoms with Crippen molar-refractivity contribution in [1.82, 2.24) is 0 Å². The van der Waals surface area contributed by atoms with Gasteiger partial charge in [0.2, 0.25) is 0 Å². The highest BCUT2D eigenvalue weighted by atomic mass is 16.5. The quantitative estimate of drug-likeness (QED) is 0.300. The Labute approximate surface area is 160 Å². The molecule has 0 unspecified atom stereocenters. The standard InChI is InChI=1S/C22H40O4/c1-19(2)9-7-11-21(4)13-8-12-20(3)10-5-6-14-26-18-22(15-23,16-24)17-25/h9-10,13,23-25H,5-8,11-12,14-18H2,1-4H3. The molecule has 0 aromatic carbocycles. The molecule has 26 heavy (non-hydrogen) atoms. The molecular weight excluding hydrogens is 328 g/mol. The summed E-state index contributed by atoms with van der Waals surface area (Å²) in [6.45, 7) is 8.56. The first kappa shape index (κ1) is 25.1. The molecule has 0 aliphatic heterocycles. The first-order valence-corrected chi connectivity index (χ1v) is 9.74. The van der Waals surface area contributed by atoms with E-state index in [2.05, 4.69) is 45.9 Å². The van der Waals surface area contributed by atoms with Gasteiger partial charge in [0, 0.05) is 6.61 Å². The minimum atomic E-state index is -0.929. The minimum absolute atomic E-state index is 0.177. The molecule has 0 aromatic rings. The van der Waals surface area contributed by atoms with Crippen molar-refractivity contribution in [3.05, 3.63) is 34.9 Å². The molecular formula is C22H40O4. The lowest BCUT2D eigenvalue weighted by Crippen LogP contribution is -2.38. The first-order chi connectivity index (χ1) is 12.4. The van der Waals surface area contributed by atoms with Gasteiger partial charge >= 0.3 is 0 Å². The van der Waals surface area contributed by atoms with Gasteiger partial charge in [0.15, 0.2) is 0 Å². The van der Waals surface area contributed by atoms with Gasteiger partial charge in [-0.15, -0.1) is 0 Å². The van der Waals surface area contributed by atoms with Crippen molar-refractivity contribution in [3.63, 3.8) is 0 Å². The molecule has 3 N–H and O–H groups in total. The van der Waals surface area contributed by atoms with E-state index in [1.165, 1.54) is 16.7 Å². The Kier molecular flexibility index (Phi) is 14.6. The van der Waals surface area contributed by atoms with Crippen LogP contribution < -0.4 is 0 Å². The third kappa shape index (κ3) is 12.4. The number of aliphatic hydroxyl groups excluding tert-OH is 3. The molecule has 0 radical (unpaired) electrons. The maximum absolute atomic E-state index is 9.23. The maximum atomic E-state index is 9.23. The van der Waals surface area contributed by atoms with Crippen molar-refractivity contribution in [2.75, 3.05) is 33.0 Å². The van der Waals surface area contributed by atoms with Gasteiger partial charge < -0.3 is 20.1 Å². The average Bonchev–Trinajstić information content (AvgIpc) is 2.61. The zero-order chi connectivity index (χ0) is 19.8. The van der Waals surface area contributed by atoms with Crippen LogP contribution in [0.5, 0.6) is 0 Å². The summed E-state index contributed by atoms with van der Waals surface area (Å²) in [6, 6.07) is 0. The second-order valence-corrected chi connectivity index (χ2v) is 7.63. The van der Waals surface area contributed by atoms with Crippen LogP contribution in [-0.4, -0.2) is 48.4 Å². The third-order valence-corrected chi connectivity index (χ3v) is 4.52. The molecule has 0 saturated carbocycles. The van der Waals surface area contributed by atoms with Crippen molar-refractivity contribution in [3.8, 4) is 0 Å². The lowest BCUT2D eigenvalue weighted by atomic mass is 9.93. The number of hydrogen-bond acceptors (Lipinski definition) is 4. The molecule has 4 heteroatoms. The van der Waals surface area contributed by atoms with E-state index in [9.17, 15) is 15.3 Å². The Bertz CT molecular complexity index is 433. The van der Waals surface area contributed by atoms with Crippen LogP contribution in [0.2, 0.25) is 0 Å². The van der Waals surface area contributed by atoms with Crippen LogP contribution in [-0.2, 0) is 4.74 Å². The highest BCUT2D eigenvalue weighted by Gasteiger charge is 2.28. The van der Waals surface area contributed by atoms with E-state index < -0.39 is 5.41 Å². The molecule has 0 spiro atoms. The molecule has 0 saturated heterocycles. The largest absolute Gasteiger partial charge is 0.396 e. The molecule has 0 fully saturated rings. The zero-order valence-corrected chi connectivity index (χ0v) is 17.3. The Morgan fingerprint density at radius 3 is 1.77 bits per heavy atom. The van der Waals surface area contributed by atoms with E-state index in [1.54, 1.807) is 0 Å². The fraction of sp³-hybridized carbons (Fsp3) is 0.727. The summed E-state index contributed by atoms with van der Waals surface area (Å²) in [6.07, 6.45) is 13.2. The predicted octanol–water partition coefficient (Wildman–Crippen LogP) is 4.17. The second-order valence-electron chi connectivity index (χ2n) is 7.63. The Morgan fingerprint density at radius 2 is 1.27 bits per heavy atom. The van der Waals surface area contributed by atoms with Gasteiger partial charge in [-0.3, -0.25) is 0 Å². The fourth-order valence-electron chi connectivity index (χ4n) is 2.45. The molecule has 0 aliphatic rings. The van der Waals surface area contributed by atoms with E-state index in [4.69, 9.17) is 4.74 Å². The van der Waals surface area contributed by atoms with Gasteiger partial charge in [0.1, 0.15) is 0 Å². The monoisotopic (exact) mass is 368 g/mol. The molecule has 0 heterocycles. The summed E-state index contributed by atoms with van der Waals surface area (Å²) in [5.41, 5.74) is 3.31. The van der Waals surface area contributed by atoms with Crippen LogP contribution in [0.15, 0.2) is 34.9 Å². The highest BCUT2D eigenvalue weighted by molar-refractivity contribution is 5.05. The number of rotatable bonds is 15. The number of allylic oxidation sites excluding steroid dienone is 6. The lowest BCUT2D eigenvalue weighted by molar-refractivity contribution is -0.0579. The molecule has 0 amide bonds. The van der Waals surface area contributed by atoms with Crippen LogP contribution in [0, 0.1) is 5.41 Å². The topological polar surface area (TPSA) is 69.9 Å². The van der Waals surface area contributed by atoms with Gasteiger partial charge in [-0.2, -0.15) is 0 Å². The van der Waals surface area contributed by atoms with Crippen molar-refractivity contribution in [2.45, 2.75) is 66.2 Å². The summed E-state index contributed by atoms with van der Waals surface area (Å²) in [4.78, 5) is 0. The van der Waals surface area contributed by atoms with Crippen LogP contribution >= 0.6 is 0 Å². The van der Waals surface area contributed by atoms with Crippen LogP contribution in [0.3, 0.4) is 0 Å². The van der Waals surface area contributed by atoms with Crippen LogP contribution in [0.25, 0.3) is 0 Å². The zero-order valence-electron chi connectivity index (χ0n) is 17.3. The number of ether oxygens (including phenoxy) is 1.